The Labute approximate surface area is 125 Å². The van der Waals surface area contributed by atoms with Crippen LogP contribution in [-0.2, 0) is 0 Å². The molecule has 1 atom stereocenters. The maximum atomic E-state index is 12.1. The molecule has 1 aliphatic heterocycles. The number of hydrogen-bond donors (Lipinski definition) is 2. The van der Waals surface area contributed by atoms with Crippen LogP contribution in [0.5, 0.6) is 0 Å². The minimum absolute atomic E-state index is 0. The fourth-order valence-corrected chi connectivity index (χ4v) is 2.42. The Morgan fingerprint density at radius 1 is 1.30 bits per heavy atom. The molecule has 0 saturated carbocycles. The van der Waals surface area contributed by atoms with Crippen LogP contribution in [-0.4, -0.2) is 31.3 Å². The van der Waals surface area contributed by atoms with Crippen LogP contribution in [0.2, 0.25) is 0 Å². The molecule has 1 aromatic carbocycles. The zero-order valence-corrected chi connectivity index (χ0v) is 12.5. The first kappa shape index (κ1) is 16.7. The number of carbonyl (C=O) groups is 2. The van der Waals surface area contributed by atoms with Crippen molar-refractivity contribution in [2.75, 3.05) is 19.6 Å². The minimum Gasteiger partial charge on any atom is -0.352 e. The van der Waals surface area contributed by atoms with Crippen molar-refractivity contribution in [3.63, 3.8) is 0 Å². The molecule has 1 saturated heterocycles. The Balaban J connectivity index is 0.00000200. The largest absolute Gasteiger partial charge is 0.352 e. The quantitative estimate of drug-likeness (QED) is 0.836. The van der Waals surface area contributed by atoms with Gasteiger partial charge >= 0.3 is 0 Å². The summed E-state index contributed by atoms with van der Waals surface area (Å²) in [5, 5.41) is 6.26. The molecule has 2 rings (SSSR count). The van der Waals surface area contributed by atoms with E-state index in [2.05, 4.69) is 10.6 Å². The highest BCUT2D eigenvalue weighted by Gasteiger charge is 2.17. The standard InChI is InChI=1S/C15H20N2O2.ClH/c1-11(18)13-6-2-3-7-14(13)15(19)17-10-12-5-4-8-16-9-12;/h2-3,6-7,12,16H,4-5,8-10H2,1H3,(H,17,19);1H. The molecule has 0 bridgehead atoms. The van der Waals surface area contributed by atoms with E-state index < -0.39 is 0 Å². The smallest absolute Gasteiger partial charge is 0.252 e. The lowest BCUT2D eigenvalue weighted by atomic mass is 9.99. The maximum absolute atomic E-state index is 12.1. The van der Waals surface area contributed by atoms with E-state index in [-0.39, 0.29) is 24.1 Å². The molecule has 1 aromatic rings. The number of piperidine rings is 1. The van der Waals surface area contributed by atoms with Crippen LogP contribution in [0.25, 0.3) is 0 Å². The molecule has 0 aromatic heterocycles. The zero-order chi connectivity index (χ0) is 13.7. The van der Waals surface area contributed by atoms with E-state index in [4.69, 9.17) is 0 Å². The van der Waals surface area contributed by atoms with Crippen molar-refractivity contribution in [1.29, 1.82) is 0 Å². The first-order valence-electron chi connectivity index (χ1n) is 6.77. The molecule has 1 aliphatic rings. The van der Waals surface area contributed by atoms with E-state index in [9.17, 15) is 9.59 Å². The topological polar surface area (TPSA) is 58.2 Å². The average molecular weight is 297 g/mol. The van der Waals surface area contributed by atoms with E-state index >= 15 is 0 Å². The van der Waals surface area contributed by atoms with Crippen molar-refractivity contribution < 1.29 is 9.59 Å². The van der Waals surface area contributed by atoms with Crippen molar-refractivity contribution in [3.8, 4) is 0 Å². The van der Waals surface area contributed by atoms with Gasteiger partial charge in [-0.1, -0.05) is 18.2 Å². The predicted octanol–water partition coefficient (Wildman–Crippen LogP) is 2.04. The van der Waals surface area contributed by atoms with Gasteiger partial charge in [0.1, 0.15) is 0 Å². The van der Waals surface area contributed by atoms with Gasteiger partial charge < -0.3 is 10.6 Å². The highest BCUT2D eigenvalue weighted by atomic mass is 35.5. The molecule has 20 heavy (non-hydrogen) atoms. The van der Waals surface area contributed by atoms with Crippen LogP contribution in [0.1, 0.15) is 40.5 Å². The second-order valence-electron chi connectivity index (χ2n) is 5.02. The van der Waals surface area contributed by atoms with Crippen molar-refractivity contribution in [2.24, 2.45) is 5.92 Å². The molecule has 0 spiro atoms. The molecule has 1 unspecified atom stereocenters. The van der Waals surface area contributed by atoms with Crippen LogP contribution < -0.4 is 10.6 Å². The van der Waals surface area contributed by atoms with Gasteiger partial charge in [0, 0.05) is 12.1 Å². The number of nitrogens with one attached hydrogen (secondary N) is 2. The minimum atomic E-state index is -0.156. The number of hydrogen-bond acceptors (Lipinski definition) is 3. The second kappa shape index (κ2) is 8.02. The lowest BCUT2D eigenvalue weighted by Gasteiger charge is -2.23. The van der Waals surface area contributed by atoms with Gasteiger partial charge in [0.25, 0.3) is 5.91 Å². The Hall–Kier alpha value is -1.39. The Bertz CT molecular complexity index is 471. The third-order valence-corrected chi connectivity index (χ3v) is 3.50. The third kappa shape index (κ3) is 4.32. The average Bonchev–Trinajstić information content (AvgIpc) is 2.46. The van der Waals surface area contributed by atoms with Crippen LogP contribution in [0.3, 0.4) is 0 Å². The number of benzene rings is 1. The van der Waals surface area contributed by atoms with E-state index in [0.29, 0.717) is 23.6 Å². The fourth-order valence-electron chi connectivity index (χ4n) is 2.42. The molecule has 1 heterocycles. The van der Waals surface area contributed by atoms with Gasteiger partial charge in [-0.3, -0.25) is 9.59 Å². The molecular weight excluding hydrogens is 276 g/mol. The number of halogens is 1. The summed E-state index contributed by atoms with van der Waals surface area (Å²) in [6.07, 6.45) is 2.30. The number of carbonyl (C=O) groups excluding carboxylic acids is 2. The highest BCUT2D eigenvalue weighted by Crippen LogP contribution is 2.11. The maximum Gasteiger partial charge on any atom is 0.252 e. The number of ketones is 1. The number of amides is 1. The van der Waals surface area contributed by atoms with Crippen LogP contribution in [0.15, 0.2) is 24.3 Å². The summed E-state index contributed by atoms with van der Waals surface area (Å²) in [6, 6.07) is 6.95. The van der Waals surface area contributed by atoms with Crippen LogP contribution >= 0.6 is 12.4 Å². The Morgan fingerprint density at radius 2 is 2.00 bits per heavy atom. The Kier molecular flexibility index (Phi) is 6.68. The summed E-state index contributed by atoms with van der Waals surface area (Å²) >= 11 is 0. The fraction of sp³-hybridized carbons (Fsp3) is 0.467. The van der Waals surface area contributed by atoms with Gasteiger partial charge in [0.2, 0.25) is 0 Å². The lowest BCUT2D eigenvalue weighted by Crippen LogP contribution is -2.38. The lowest BCUT2D eigenvalue weighted by molar-refractivity contribution is 0.0931. The molecule has 0 aliphatic carbocycles. The van der Waals surface area contributed by atoms with E-state index in [1.165, 1.54) is 6.92 Å². The van der Waals surface area contributed by atoms with E-state index in [0.717, 1.165) is 25.9 Å². The van der Waals surface area contributed by atoms with Gasteiger partial charge in [0.05, 0.1) is 5.56 Å². The first-order valence-corrected chi connectivity index (χ1v) is 6.77. The summed E-state index contributed by atoms with van der Waals surface area (Å²) in [4.78, 5) is 23.6. The van der Waals surface area contributed by atoms with E-state index in [1.54, 1.807) is 24.3 Å². The van der Waals surface area contributed by atoms with Gasteiger partial charge in [-0.15, -0.1) is 12.4 Å². The molecule has 2 N–H and O–H groups in total. The molecule has 5 heteroatoms. The molecule has 4 nitrogen and oxygen atoms in total. The first-order chi connectivity index (χ1) is 9.18. The molecular formula is C15H21ClN2O2. The zero-order valence-electron chi connectivity index (χ0n) is 11.6. The van der Waals surface area contributed by atoms with Crippen molar-refractivity contribution in [2.45, 2.75) is 19.8 Å². The summed E-state index contributed by atoms with van der Waals surface area (Å²) < 4.78 is 0. The van der Waals surface area contributed by atoms with E-state index in [1.807, 2.05) is 0 Å². The molecule has 1 fully saturated rings. The van der Waals surface area contributed by atoms with Gasteiger partial charge in [-0.05, 0) is 44.8 Å². The molecule has 1 amide bonds. The SMILES string of the molecule is CC(=O)c1ccccc1C(=O)NCC1CCCNC1.Cl. The van der Waals surface area contributed by atoms with Crippen molar-refractivity contribution in [3.05, 3.63) is 35.4 Å². The van der Waals surface area contributed by atoms with Crippen molar-refractivity contribution >= 4 is 24.1 Å². The normalized spacial score (nSPS) is 17.9. The highest BCUT2D eigenvalue weighted by molar-refractivity contribution is 6.07. The van der Waals surface area contributed by atoms with Gasteiger partial charge in [-0.2, -0.15) is 0 Å². The third-order valence-electron chi connectivity index (χ3n) is 3.50. The van der Waals surface area contributed by atoms with Crippen LogP contribution in [0.4, 0.5) is 0 Å². The predicted molar refractivity (Wildman–Crippen MR) is 81.6 cm³/mol. The van der Waals surface area contributed by atoms with Crippen molar-refractivity contribution in [1.82, 2.24) is 10.6 Å². The summed E-state index contributed by atoms with van der Waals surface area (Å²) in [7, 11) is 0. The Morgan fingerprint density at radius 3 is 2.60 bits per heavy atom. The van der Waals surface area contributed by atoms with Gasteiger partial charge in [-0.25, -0.2) is 0 Å². The monoisotopic (exact) mass is 296 g/mol. The summed E-state index contributed by atoms with van der Waals surface area (Å²) in [5.41, 5.74) is 0.959. The number of Topliss-reactive ketones (excluding diaryl/α,β-unsaturated/α-hetero) is 1. The number of rotatable bonds is 4. The summed E-state index contributed by atoms with van der Waals surface area (Å²) in [5.74, 6) is 0.253. The van der Waals surface area contributed by atoms with Gasteiger partial charge in [0.15, 0.2) is 5.78 Å². The molecule has 110 valence electrons. The summed E-state index contributed by atoms with van der Waals surface area (Å²) in [6.45, 7) is 4.17. The molecule has 0 radical (unpaired) electrons. The second-order valence-corrected chi connectivity index (χ2v) is 5.02. The van der Waals surface area contributed by atoms with Crippen LogP contribution in [0, 0.1) is 5.92 Å².